The van der Waals surface area contributed by atoms with Crippen LogP contribution in [0.1, 0.15) is 65.2 Å². The fraction of sp³-hybridized carbons (Fsp3) is 0.947. The molecule has 0 radical (unpaired) electrons. The summed E-state index contributed by atoms with van der Waals surface area (Å²) < 4.78 is 5.75. The lowest BCUT2D eigenvalue weighted by Crippen LogP contribution is -2.39. The van der Waals surface area contributed by atoms with E-state index in [-0.39, 0.29) is 12.1 Å². The summed E-state index contributed by atoms with van der Waals surface area (Å²) in [4.78, 5) is 11.7. The summed E-state index contributed by atoms with van der Waals surface area (Å²) in [6.07, 6.45) is 10.1. The van der Waals surface area contributed by atoms with E-state index in [1.54, 1.807) is 0 Å². The third-order valence-electron chi connectivity index (χ3n) is 7.56. The highest BCUT2D eigenvalue weighted by Gasteiger charge is 2.61. The van der Waals surface area contributed by atoms with Gasteiger partial charge in [0.05, 0.1) is 0 Å². The fourth-order valence-electron chi connectivity index (χ4n) is 6.91. The van der Waals surface area contributed by atoms with Crippen molar-refractivity contribution in [2.75, 3.05) is 0 Å². The molecule has 118 valence electrons. The zero-order valence-electron chi connectivity index (χ0n) is 13.6. The van der Waals surface area contributed by atoms with Gasteiger partial charge in [-0.25, -0.2) is 0 Å². The number of carbonyl (C=O) groups is 1. The van der Waals surface area contributed by atoms with Gasteiger partial charge in [-0.05, 0) is 73.5 Å². The standard InChI is InChI=1S/C19H30O2/c1-3-11-8-12(4-2)19-15-10-13(18(11)19)9-14(15)16-6-5-7-17(20)21-16/h11-16,18-19H,3-10H2,1-2H3. The monoisotopic (exact) mass is 290 g/mol. The molecule has 2 nitrogen and oxygen atoms in total. The Bertz CT molecular complexity index is 418. The van der Waals surface area contributed by atoms with Gasteiger partial charge in [0, 0.05) is 6.42 Å². The van der Waals surface area contributed by atoms with Gasteiger partial charge in [-0.2, -0.15) is 0 Å². The predicted molar refractivity (Wildman–Crippen MR) is 82.6 cm³/mol. The predicted octanol–water partition coefficient (Wildman–Crippen LogP) is 4.43. The molecule has 4 fully saturated rings. The highest BCUT2D eigenvalue weighted by atomic mass is 16.5. The number of carbonyl (C=O) groups excluding carboxylic acids is 1. The third kappa shape index (κ3) is 2.08. The van der Waals surface area contributed by atoms with Crippen LogP contribution in [0.25, 0.3) is 0 Å². The summed E-state index contributed by atoms with van der Waals surface area (Å²) in [7, 11) is 0. The van der Waals surface area contributed by atoms with E-state index in [0.29, 0.717) is 12.3 Å². The Morgan fingerprint density at radius 1 is 1.00 bits per heavy atom. The number of hydrogen-bond donors (Lipinski definition) is 0. The lowest BCUT2D eigenvalue weighted by Gasteiger charge is -2.40. The molecular formula is C19H30O2. The lowest BCUT2D eigenvalue weighted by atomic mass is 9.68. The number of fused-ring (bicyclic) bond motifs is 5. The van der Waals surface area contributed by atoms with Crippen LogP contribution < -0.4 is 0 Å². The Kier molecular flexibility index (Phi) is 3.54. The Balaban J connectivity index is 1.54. The van der Waals surface area contributed by atoms with Gasteiger partial charge in [0.25, 0.3) is 0 Å². The van der Waals surface area contributed by atoms with Crippen molar-refractivity contribution in [3.63, 3.8) is 0 Å². The van der Waals surface area contributed by atoms with Crippen molar-refractivity contribution in [3.05, 3.63) is 0 Å². The van der Waals surface area contributed by atoms with Crippen molar-refractivity contribution in [1.29, 1.82) is 0 Å². The normalized spacial score (nSPS) is 52.0. The highest BCUT2D eigenvalue weighted by molar-refractivity contribution is 5.70. The molecule has 4 aliphatic rings. The zero-order valence-corrected chi connectivity index (χ0v) is 13.6. The second-order valence-corrected chi connectivity index (χ2v) is 8.21. The van der Waals surface area contributed by atoms with E-state index in [0.717, 1.165) is 48.3 Å². The van der Waals surface area contributed by atoms with Crippen LogP contribution in [-0.4, -0.2) is 12.1 Å². The van der Waals surface area contributed by atoms with Crippen LogP contribution in [0.2, 0.25) is 0 Å². The molecule has 1 aliphatic heterocycles. The molecule has 21 heavy (non-hydrogen) atoms. The largest absolute Gasteiger partial charge is 0.462 e. The van der Waals surface area contributed by atoms with Gasteiger partial charge in [0.15, 0.2) is 0 Å². The molecule has 8 unspecified atom stereocenters. The van der Waals surface area contributed by atoms with Crippen LogP contribution in [0, 0.1) is 41.4 Å². The van der Waals surface area contributed by atoms with Gasteiger partial charge < -0.3 is 4.74 Å². The molecule has 3 saturated carbocycles. The van der Waals surface area contributed by atoms with Crippen molar-refractivity contribution < 1.29 is 9.53 Å². The number of cyclic esters (lactones) is 1. The maximum atomic E-state index is 11.7. The van der Waals surface area contributed by atoms with E-state index in [2.05, 4.69) is 13.8 Å². The molecule has 0 aromatic rings. The average molecular weight is 290 g/mol. The van der Waals surface area contributed by atoms with Crippen LogP contribution in [0.3, 0.4) is 0 Å². The van der Waals surface area contributed by atoms with Crippen molar-refractivity contribution in [2.24, 2.45) is 41.4 Å². The van der Waals surface area contributed by atoms with E-state index in [1.807, 2.05) is 0 Å². The van der Waals surface area contributed by atoms with Crippen molar-refractivity contribution in [3.8, 4) is 0 Å². The maximum absolute atomic E-state index is 11.7. The third-order valence-corrected chi connectivity index (χ3v) is 7.56. The summed E-state index contributed by atoms with van der Waals surface area (Å²) in [5, 5.41) is 0. The minimum atomic E-state index is 0.0653. The van der Waals surface area contributed by atoms with Crippen LogP contribution in [0.15, 0.2) is 0 Å². The minimum Gasteiger partial charge on any atom is -0.462 e. The van der Waals surface area contributed by atoms with Gasteiger partial charge >= 0.3 is 5.97 Å². The van der Waals surface area contributed by atoms with E-state index >= 15 is 0 Å². The summed E-state index contributed by atoms with van der Waals surface area (Å²) in [6, 6.07) is 0. The lowest BCUT2D eigenvalue weighted by molar-refractivity contribution is -0.159. The highest BCUT2D eigenvalue weighted by Crippen LogP contribution is 2.66. The van der Waals surface area contributed by atoms with Gasteiger partial charge in [0.2, 0.25) is 0 Å². The number of rotatable bonds is 3. The zero-order chi connectivity index (χ0) is 14.6. The average Bonchev–Trinajstić information content (AvgIpc) is 3.17. The van der Waals surface area contributed by atoms with Crippen LogP contribution in [-0.2, 0) is 9.53 Å². The Hall–Kier alpha value is -0.530. The van der Waals surface area contributed by atoms with Gasteiger partial charge in [-0.15, -0.1) is 0 Å². The summed E-state index contributed by atoms with van der Waals surface area (Å²) in [5.41, 5.74) is 0. The van der Waals surface area contributed by atoms with Crippen LogP contribution in [0.4, 0.5) is 0 Å². The van der Waals surface area contributed by atoms with E-state index < -0.39 is 0 Å². The topological polar surface area (TPSA) is 26.3 Å². The fourth-order valence-corrected chi connectivity index (χ4v) is 6.91. The molecule has 0 aromatic heterocycles. The number of ether oxygens (including phenoxy) is 1. The van der Waals surface area contributed by atoms with Crippen LogP contribution in [0.5, 0.6) is 0 Å². The van der Waals surface area contributed by atoms with Gasteiger partial charge in [-0.3, -0.25) is 4.79 Å². The first kappa shape index (κ1) is 14.1. The smallest absolute Gasteiger partial charge is 0.306 e. The Morgan fingerprint density at radius 2 is 1.71 bits per heavy atom. The SMILES string of the molecule is CCC1CC(CC)C2C3CC(CC3C3CCCC(=O)O3)C12. The Labute approximate surface area is 129 Å². The Morgan fingerprint density at radius 3 is 2.43 bits per heavy atom. The summed E-state index contributed by atoms with van der Waals surface area (Å²) in [6.45, 7) is 4.79. The molecule has 2 bridgehead atoms. The van der Waals surface area contributed by atoms with Crippen molar-refractivity contribution >= 4 is 5.97 Å². The molecule has 8 atom stereocenters. The maximum Gasteiger partial charge on any atom is 0.306 e. The second-order valence-electron chi connectivity index (χ2n) is 8.21. The van der Waals surface area contributed by atoms with Gasteiger partial charge in [-0.1, -0.05) is 26.7 Å². The molecular weight excluding hydrogens is 260 g/mol. The number of hydrogen-bond acceptors (Lipinski definition) is 2. The second kappa shape index (κ2) is 5.28. The molecule has 0 aromatic carbocycles. The summed E-state index contributed by atoms with van der Waals surface area (Å²) in [5.74, 6) is 6.51. The van der Waals surface area contributed by atoms with E-state index in [1.165, 1.54) is 32.1 Å². The molecule has 4 rings (SSSR count). The first-order valence-electron chi connectivity index (χ1n) is 9.42. The molecule has 0 N–H and O–H groups in total. The van der Waals surface area contributed by atoms with Crippen LogP contribution >= 0.6 is 0 Å². The first-order valence-corrected chi connectivity index (χ1v) is 9.42. The minimum absolute atomic E-state index is 0.0653. The van der Waals surface area contributed by atoms with Crippen molar-refractivity contribution in [2.45, 2.75) is 71.3 Å². The summed E-state index contributed by atoms with van der Waals surface area (Å²) >= 11 is 0. The molecule has 2 heteroatoms. The van der Waals surface area contributed by atoms with Crippen molar-refractivity contribution in [1.82, 2.24) is 0 Å². The molecule has 0 amide bonds. The quantitative estimate of drug-likeness (QED) is 0.719. The molecule has 0 spiro atoms. The van der Waals surface area contributed by atoms with E-state index in [4.69, 9.17) is 4.74 Å². The number of esters is 1. The molecule has 3 aliphatic carbocycles. The molecule has 1 heterocycles. The van der Waals surface area contributed by atoms with E-state index in [9.17, 15) is 4.79 Å². The molecule has 1 saturated heterocycles. The first-order chi connectivity index (χ1) is 10.2. The van der Waals surface area contributed by atoms with Gasteiger partial charge in [0.1, 0.15) is 6.10 Å².